The molecular weight excluding hydrogens is 278 g/mol. The first kappa shape index (κ1) is 14.6. The average molecular weight is 300 g/mol. The van der Waals surface area contributed by atoms with Gasteiger partial charge in [-0.3, -0.25) is 0 Å². The zero-order valence-electron chi connectivity index (χ0n) is 12.6. The second-order valence-electron chi connectivity index (χ2n) is 6.14. The largest absolute Gasteiger partial charge is 0.303 e. The van der Waals surface area contributed by atoms with Crippen LogP contribution in [-0.2, 0) is 0 Å². The van der Waals surface area contributed by atoms with Gasteiger partial charge in [-0.25, -0.2) is 0 Å². The molecule has 0 bridgehead atoms. The van der Waals surface area contributed by atoms with Crippen molar-refractivity contribution in [1.82, 2.24) is 5.32 Å². The lowest BCUT2D eigenvalue weighted by atomic mass is 9.98. The maximum atomic E-state index is 6.32. The van der Waals surface area contributed by atoms with E-state index in [0.717, 1.165) is 10.9 Å². The number of rotatable bonds is 5. The van der Waals surface area contributed by atoms with Gasteiger partial charge in [-0.15, -0.1) is 0 Å². The molecule has 2 aromatic rings. The molecule has 0 saturated heterocycles. The monoisotopic (exact) mass is 299 g/mol. The van der Waals surface area contributed by atoms with Gasteiger partial charge in [-0.1, -0.05) is 59.6 Å². The van der Waals surface area contributed by atoms with E-state index >= 15 is 0 Å². The molecule has 3 rings (SSSR count). The minimum atomic E-state index is 0.255. The van der Waals surface area contributed by atoms with Crippen molar-refractivity contribution >= 4 is 11.6 Å². The van der Waals surface area contributed by atoms with Crippen LogP contribution in [-0.4, -0.2) is 0 Å². The van der Waals surface area contributed by atoms with Crippen molar-refractivity contribution in [2.24, 2.45) is 5.92 Å². The molecule has 1 unspecified atom stereocenters. The second kappa shape index (κ2) is 6.21. The Morgan fingerprint density at radius 3 is 2.33 bits per heavy atom. The van der Waals surface area contributed by atoms with Gasteiger partial charge in [0.25, 0.3) is 0 Å². The third kappa shape index (κ3) is 3.48. The van der Waals surface area contributed by atoms with Gasteiger partial charge < -0.3 is 5.32 Å². The topological polar surface area (TPSA) is 12.0 Å². The highest BCUT2D eigenvalue weighted by Gasteiger charge is 2.33. The summed E-state index contributed by atoms with van der Waals surface area (Å²) in [5.74, 6) is 0.762. The van der Waals surface area contributed by atoms with E-state index in [1.807, 2.05) is 12.1 Å². The summed E-state index contributed by atoms with van der Waals surface area (Å²) in [5, 5.41) is 4.63. The molecule has 1 fully saturated rings. The molecule has 0 aromatic heterocycles. The van der Waals surface area contributed by atoms with Gasteiger partial charge in [0.1, 0.15) is 0 Å². The van der Waals surface area contributed by atoms with E-state index in [4.69, 9.17) is 11.6 Å². The Morgan fingerprint density at radius 1 is 1.05 bits per heavy atom. The van der Waals surface area contributed by atoms with E-state index in [9.17, 15) is 0 Å². The van der Waals surface area contributed by atoms with Crippen molar-refractivity contribution < 1.29 is 0 Å². The molecule has 1 nitrogen and oxygen atoms in total. The zero-order chi connectivity index (χ0) is 14.8. The predicted octanol–water partition coefficient (Wildman–Crippen LogP) is 5.45. The Labute approximate surface area is 132 Å². The Bertz CT molecular complexity index is 601. The summed E-state index contributed by atoms with van der Waals surface area (Å²) in [5.41, 5.74) is 3.88. The van der Waals surface area contributed by atoms with Crippen LogP contribution in [0.15, 0.2) is 48.5 Å². The molecule has 21 heavy (non-hydrogen) atoms. The van der Waals surface area contributed by atoms with Crippen LogP contribution in [0.25, 0.3) is 0 Å². The Morgan fingerprint density at radius 2 is 1.71 bits per heavy atom. The highest BCUT2D eigenvalue weighted by atomic mass is 35.5. The molecule has 1 N–H and O–H groups in total. The molecule has 2 atom stereocenters. The van der Waals surface area contributed by atoms with Crippen LogP contribution in [0, 0.1) is 12.8 Å². The molecular formula is C19H22ClN. The first-order valence-electron chi connectivity index (χ1n) is 7.72. The highest BCUT2D eigenvalue weighted by Crippen LogP contribution is 2.42. The van der Waals surface area contributed by atoms with Crippen LogP contribution in [0.5, 0.6) is 0 Å². The number of hydrogen-bond acceptors (Lipinski definition) is 1. The van der Waals surface area contributed by atoms with Crippen LogP contribution in [0.4, 0.5) is 0 Å². The molecule has 0 aliphatic heterocycles. The Hall–Kier alpha value is -1.31. The molecule has 0 spiro atoms. The van der Waals surface area contributed by atoms with Gasteiger partial charge >= 0.3 is 0 Å². The fourth-order valence-electron chi connectivity index (χ4n) is 2.89. The van der Waals surface area contributed by atoms with E-state index in [0.29, 0.717) is 6.04 Å². The van der Waals surface area contributed by atoms with Crippen molar-refractivity contribution in [3.05, 3.63) is 70.2 Å². The molecule has 1 saturated carbocycles. The summed E-state index contributed by atoms with van der Waals surface area (Å²) >= 11 is 6.32. The average Bonchev–Trinajstić information content (AvgIpc) is 3.31. The van der Waals surface area contributed by atoms with E-state index in [1.54, 1.807) is 0 Å². The maximum Gasteiger partial charge on any atom is 0.0453 e. The quantitative estimate of drug-likeness (QED) is 0.774. The number of nitrogens with one attached hydrogen (secondary N) is 1. The Balaban J connectivity index is 1.79. The fraction of sp³-hybridized carbons (Fsp3) is 0.368. The molecule has 1 aliphatic rings. The van der Waals surface area contributed by atoms with Crippen LogP contribution in [0.3, 0.4) is 0 Å². The van der Waals surface area contributed by atoms with Gasteiger partial charge in [0, 0.05) is 17.1 Å². The molecule has 0 radical (unpaired) electrons. The lowest BCUT2D eigenvalue weighted by molar-refractivity contribution is 0.427. The number of benzene rings is 2. The van der Waals surface area contributed by atoms with E-state index in [2.05, 4.69) is 55.6 Å². The molecule has 2 heteroatoms. The van der Waals surface area contributed by atoms with Crippen LogP contribution < -0.4 is 5.32 Å². The Kier molecular flexibility index (Phi) is 4.32. The normalized spacial score (nSPS) is 17.5. The minimum absolute atomic E-state index is 0.255. The smallest absolute Gasteiger partial charge is 0.0453 e. The summed E-state index contributed by atoms with van der Waals surface area (Å²) in [7, 11) is 0. The first-order valence-corrected chi connectivity index (χ1v) is 8.10. The lowest BCUT2D eigenvalue weighted by Crippen LogP contribution is -2.26. The number of hydrogen-bond donors (Lipinski definition) is 1. The molecule has 2 aromatic carbocycles. The molecule has 0 amide bonds. The SMILES string of the molecule is Cc1ccc(C(N[C@@H](C)c2ccccc2Cl)C2CC2)cc1. The van der Waals surface area contributed by atoms with Crippen molar-refractivity contribution in [3.8, 4) is 0 Å². The van der Waals surface area contributed by atoms with Gasteiger partial charge in [0.2, 0.25) is 0 Å². The summed E-state index contributed by atoms with van der Waals surface area (Å²) < 4.78 is 0. The molecule has 1 aliphatic carbocycles. The number of aryl methyl sites for hydroxylation is 1. The van der Waals surface area contributed by atoms with Crippen LogP contribution in [0.1, 0.15) is 48.5 Å². The van der Waals surface area contributed by atoms with Crippen molar-refractivity contribution in [2.75, 3.05) is 0 Å². The number of halogens is 1. The van der Waals surface area contributed by atoms with Crippen LogP contribution >= 0.6 is 11.6 Å². The van der Waals surface area contributed by atoms with Gasteiger partial charge in [-0.05, 0) is 49.8 Å². The van der Waals surface area contributed by atoms with E-state index in [1.165, 1.54) is 29.5 Å². The lowest BCUT2D eigenvalue weighted by Gasteiger charge is -2.25. The van der Waals surface area contributed by atoms with Gasteiger partial charge in [-0.2, -0.15) is 0 Å². The van der Waals surface area contributed by atoms with Crippen molar-refractivity contribution in [2.45, 2.75) is 38.8 Å². The summed E-state index contributed by atoms with van der Waals surface area (Å²) in [6, 6.07) is 17.7. The maximum absolute atomic E-state index is 6.32. The summed E-state index contributed by atoms with van der Waals surface area (Å²) in [6.45, 7) is 4.33. The van der Waals surface area contributed by atoms with Gasteiger partial charge in [0.15, 0.2) is 0 Å². The highest BCUT2D eigenvalue weighted by molar-refractivity contribution is 6.31. The van der Waals surface area contributed by atoms with Crippen molar-refractivity contribution in [3.63, 3.8) is 0 Å². The second-order valence-corrected chi connectivity index (χ2v) is 6.54. The van der Waals surface area contributed by atoms with Crippen molar-refractivity contribution in [1.29, 1.82) is 0 Å². The third-order valence-electron chi connectivity index (χ3n) is 4.33. The van der Waals surface area contributed by atoms with E-state index in [-0.39, 0.29) is 6.04 Å². The zero-order valence-corrected chi connectivity index (χ0v) is 13.4. The first-order chi connectivity index (χ1) is 10.1. The molecule has 110 valence electrons. The fourth-order valence-corrected chi connectivity index (χ4v) is 3.19. The summed E-state index contributed by atoms with van der Waals surface area (Å²) in [6.07, 6.45) is 2.64. The van der Waals surface area contributed by atoms with Crippen LogP contribution in [0.2, 0.25) is 5.02 Å². The van der Waals surface area contributed by atoms with Gasteiger partial charge in [0.05, 0.1) is 0 Å². The predicted molar refractivity (Wildman–Crippen MR) is 89.6 cm³/mol. The standard InChI is InChI=1S/C19H22ClN/c1-13-7-9-15(10-8-13)19(16-11-12-16)21-14(2)17-5-3-4-6-18(17)20/h3-10,14,16,19,21H,11-12H2,1-2H3/t14-,19?/m0/s1. The van der Waals surface area contributed by atoms with E-state index < -0.39 is 0 Å². The third-order valence-corrected chi connectivity index (χ3v) is 4.68. The molecule has 0 heterocycles. The minimum Gasteiger partial charge on any atom is -0.303 e. The summed E-state index contributed by atoms with van der Waals surface area (Å²) in [4.78, 5) is 0.